The SMILES string of the molecule is O=C(c1ccc2c(c1)[C@@H]1C=CC[C@H]1[C@H](c1ccc(Cl)cc1)N2)N1CCCC1. The molecule has 1 amide bonds. The van der Waals surface area contributed by atoms with Crippen molar-refractivity contribution in [3.05, 3.63) is 76.3 Å². The van der Waals surface area contributed by atoms with Crippen molar-refractivity contribution in [3.8, 4) is 0 Å². The summed E-state index contributed by atoms with van der Waals surface area (Å²) in [5, 5.41) is 4.50. The second kappa shape index (κ2) is 6.72. The minimum atomic E-state index is 0.175. The van der Waals surface area contributed by atoms with Crippen molar-refractivity contribution in [2.45, 2.75) is 31.2 Å². The first-order valence-electron chi connectivity index (χ1n) is 9.82. The number of hydrogen-bond donors (Lipinski definition) is 1. The van der Waals surface area contributed by atoms with E-state index in [9.17, 15) is 4.79 Å². The van der Waals surface area contributed by atoms with E-state index in [1.807, 2.05) is 23.1 Å². The van der Waals surface area contributed by atoms with E-state index in [-0.39, 0.29) is 11.9 Å². The molecule has 2 aliphatic heterocycles. The smallest absolute Gasteiger partial charge is 0.253 e. The molecule has 2 aromatic rings. The van der Waals surface area contributed by atoms with Gasteiger partial charge in [-0.05, 0) is 66.6 Å². The maximum atomic E-state index is 12.8. The van der Waals surface area contributed by atoms with E-state index in [0.29, 0.717) is 11.8 Å². The number of amides is 1. The molecule has 1 fully saturated rings. The number of fused-ring (bicyclic) bond motifs is 3. The second-order valence-corrected chi connectivity index (χ2v) is 8.26. The molecular weight excluding hydrogens is 356 g/mol. The number of nitrogens with zero attached hydrogens (tertiary/aromatic N) is 1. The van der Waals surface area contributed by atoms with Crippen LogP contribution in [0.2, 0.25) is 5.02 Å². The Morgan fingerprint density at radius 3 is 2.63 bits per heavy atom. The Hall–Kier alpha value is -2.26. The van der Waals surface area contributed by atoms with Crippen LogP contribution in [-0.4, -0.2) is 23.9 Å². The molecule has 4 heteroatoms. The van der Waals surface area contributed by atoms with Crippen LogP contribution in [0.15, 0.2) is 54.6 Å². The van der Waals surface area contributed by atoms with E-state index in [2.05, 4.69) is 41.7 Å². The molecular formula is C23H23ClN2O. The number of allylic oxidation sites excluding steroid dienone is 2. The van der Waals surface area contributed by atoms with E-state index in [1.165, 1.54) is 11.1 Å². The Morgan fingerprint density at radius 1 is 1.07 bits per heavy atom. The second-order valence-electron chi connectivity index (χ2n) is 7.83. The minimum Gasteiger partial charge on any atom is -0.378 e. The molecule has 0 saturated carbocycles. The zero-order chi connectivity index (χ0) is 18.4. The summed E-state index contributed by atoms with van der Waals surface area (Å²) >= 11 is 6.08. The predicted octanol–water partition coefficient (Wildman–Crippen LogP) is 5.40. The van der Waals surface area contributed by atoms with Crippen LogP contribution in [0.3, 0.4) is 0 Å². The molecule has 27 heavy (non-hydrogen) atoms. The van der Waals surface area contributed by atoms with Crippen LogP contribution in [0.5, 0.6) is 0 Å². The summed E-state index contributed by atoms with van der Waals surface area (Å²) < 4.78 is 0. The molecule has 5 rings (SSSR count). The lowest BCUT2D eigenvalue weighted by Gasteiger charge is -2.37. The van der Waals surface area contributed by atoms with E-state index in [1.54, 1.807) is 0 Å². The lowest BCUT2D eigenvalue weighted by Crippen LogP contribution is -2.30. The van der Waals surface area contributed by atoms with E-state index in [4.69, 9.17) is 11.6 Å². The van der Waals surface area contributed by atoms with Crippen LogP contribution in [-0.2, 0) is 0 Å². The number of halogens is 1. The largest absolute Gasteiger partial charge is 0.378 e. The first kappa shape index (κ1) is 16.9. The lowest BCUT2D eigenvalue weighted by atomic mass is 9.76. The fourth-order valence-electron chi connectivity index (χ4n) is 4.83. The zero-order valence-corrected chi connectivity index (χ0v) is 16.0. The maximum absolute atomic E-state index is 12.8. The van der Waals surface area contributed by atoms with Crippen LogP contribution in [0.4, 0.5) is 5.69 Å². The van der Waals surface area contributed by atoms with E-state index >= 15 is 0 Å². The van der Waals surface area contributed by atoms with Crippen LogP contribution in [0.25, 0.3) is 0 Å². The number of carbonyl (C=O) groups excluding carboxylic acids is 1. The molecule has 0 spiro atoms. The topological polar surface area (TPSA) is 32.3 Å². The zero-order valence-electron chi connectivity index (χ0n) is 15.2. The van der Waals surface area contributed by atoms with Crippen molar-refractivity contribution in [2.24, 2.45) is 5.92 Å². The van der Waals surface area contributed by atoms with Crippen molar-refractivity contribution >= 4 is 23.2 Å². The summed E-state index contributed by atoms with van der Waals surface area (Å²) in [6.07, 6.45) is 7.89. The number of hydrogen-bond acceptors (Lipinski definition) is 2. The van der Waals surface area contributed by atoms with Crippen molar-refractivity contribution in [1.29, 1.82) is 0 Å². The molecule has 1 saturated heterocycles. The van der Waals surface area contributed by atoms with Gasteiger partial charge in [-0.1, -0.05) is 35.9 Å². The highest BCUT2D eigenvalue weighted by Crippen LogP contribution is 2.50. The van der Waals surface area contributed by atoms with Crippen molar-refractivity contribution in [2.75, 3.05) is 18.4 Å². The number of anilines is 1. The van der Waals surface area contributed by atoms with Crippen LogP contribution >= 0.6 is 11.6 Å². The molecule has 0 unspecified atom stereocenters. The van der Waals surface area contributed by atoms with Gasteiger partial charge in [0.05, 0.1) is 6.04 Å². The first-order valence-corrected chi connectivity index (χ1v) is 10.2. The average molecular weight is 379 g/mol. The van der Waals surface area contributed by atoms with Gasteiger partial charge in [0.1, 0.15) is 0 Å². The summed E-state index contributed by atoms with van der Waals surface area (Å²) in [6.45, 7) is 1.78. The molecule has 0 bridgehead atoms. The summed E-state index contributed by atoms with van der Waals surface area (Å²) in [5.74, 6) is 0.998. The lowest BCUT2D eigenvalue weighted by molar-refractivity contribution is 0.0792. The van der Waals surface area contributed by atoms with Gasteiger partial charge in [0.15, 0.2) is 0 Å². The highest BCUT2D eigenvalue weighted by molar-refractivity contribution is 6.30. The normalized spacial score (nSPS) is 25.8. The monoisotopic (exact) mass is 378 g/mol. The molecule has 1 aliphatic carbocycles. The van der Waals surface area contributed by atoms with E-state index in [0.717, 1.165) is 48.6 Å². The Kier molecular flexibility index (Phi) is 4.20. The van der Waals surface area contributed by atoms with Crippen LogP contribution < -0.4 is 5.32 Å². The van der Waals surface area contributed by atoms with Gasteiger partial charge >= 0.3 is 0 Å². The van der Waals surface area contributed by atoms with Crippen molar-refractivity contribution < 1.29 is 4.79 Å². The fourth-order valence-corrected chi connectivity index (χ4v) is 4.96. The van der Waals surface area contributed by atoms with E-state index < -0.39 is 0 Å². The Bertz CT molecular complexity index is 899. The maximum Gasteiger partial charge on any atom is 0.253 e. The molecule has 2 heterocycles. The van der Waals surface area contributed by atoms with Gasteiger partial charge in [0, 0.05) is 35.3 Å². The number of carbonyl (C=O) groups is 1. The molecule has 3 aliphatic rings. The molecule has 0 radical (unpaired) electrons. The first-order chi connectivity index (χ1) is 13.2. The molecule has 0 aromatic heterocycles. The standard InChI is InChI=1S/C23H23ClN2O/c24-17-9-6-15(7-10-17)22-19-5-3-4-18(19)20-14-16(8-11-21(20)25-22)23(27)26-12-1-2-13-26/h3-4,6-11,14,18-19,22,25H,1-2,5,12-13H2/t18-,19-,22+/m1/s1. The number of nitrogens with one attached hydrogen (secondary N) is 1. The van der Waals surface area contributed by atoms with Gasteiger partial charge in [0.2, 0.25) is 0 Å². The number of likely N-dealkylation sites (tertiary alicyclic amines) is 1. The molecule has 2 aromatic carbocycles. The number of rotatable bonds is 2. The summed E-state index contributed by atoms with van der Waals surface area (Å²) in [4.78, 5) is 14.8. The highest BCUT2D eigenvalue weighted by Gasteiger charge is 2.38. The van der Waals surface area contributed by atoms with Gasteiger partial charge in [-0.15, -0.1) is 0 Å². The third kappa shape index (κ3) is 2.94. The average Bonchev–Trinajstić information content (AvgIpc) is 3.39. The van der Waals surface area contributed by atoms with Gasteiger partial charge < -0.3 is 10.2 Å². The summed E-state index contributed by atoms with van der Waals surface area (Å²) in [7, 11) is 0. The van der Waals surface area contributed by atoms with Crippen molar-refractivity contribution in [3.63, 3.8) is 0 Å². The number of benzene rings is 2. The van der Waals surface area contributed by atoms with Crippen LogP contribution in [0.1, 0.15) is 52.7 Å². The third-order valence-corrected chi connectivity index (χ3v) is 6.48. The van der Waals surface area contributed by atoms with Gasteiger partial charge in [-0.2, -0.15) is 0 Å². The Balaban J connectivity index is 1.49. The van der Waals surface area contributed by atoms with Gasteiger partial charge in [-0.25, -0.2) is 0 Å². The molecule has 138 valence electrons. The minimum absolute atomic E-state index is 0.175. The van der Waals surface area contributed by atoms with Gasteiger partial charge in [-0.3, -0.25) is 4.79 Å². The predicted molar refractivity (Wildman–Crippen MR) is 109 cm³/mol. The Morgan fingerprint density at radius 2 is 1.85 bits per heavy atom. The van der Waals surface area contributed by atoms with Gasteiger partial charge in [0.25, 0.3) is 5.91 Å². The molecule has 1 N–H and O–H groups in total. The quantitative estimate of drug-likeness (QED) is 0.709. The molecule has 3 atom stereocenters. The van der Waals surface area contributed by atoms with Crippen LogP contribution in [0, 0.1) is 5.92 Å². The molecule has 3 nitrogen and oxygen atoms in total. The third-order valence-electron chi connectivity index (χ3n) is 6.23. The van der Waals surface area contributed by atoms with Crippen molar-refractivity contribution in [1.82, 2.24) is 4.90 Å². The highest BCUT2D eigenvalue weighted by atomic mass is 35.5. The summed E-state index contributed by atoms with van der Waals surface area (Å²) in [5.41, 5.74) is 4.48. The summed E-state index contributed by atoms with van der Waals surface area (Å²) in [6, 6.07) is 14.6. The Labute approximate surface area is 165 Å². The fraction of sp³-hybridized carbons (Fsp3) is 0.348.